The molecule has 0 fully saturated rings. The quantitative estimate of drug-likeness (QED) is 0.913. The summed E-state index contributed by atoms with van der Waals surface area (Å²) in [4.78, 5) is 3.92. The first-order valence-electron chi connectivity index (χ1n) is 5.31. The number of nitrogens with zero attached hydrogens (tertiary/aromatic N) is 2. The standard InChI is InChI=1S/C12H12FN3O2.ClH/c13-5-9(6-14)7-17-11-3-1-10(2-4-11)12-15-8-18-16-12;/h1-5,8H,6-7,14H2;1H/b9-5-;. The Morgan fingerprint density at radius 3 is 2.63 bits per heavy atom. The molecular weight excluding hydrogens is 273 g/mol. The van der Waals surface area contributed by atoms with Crippen molar-refractivity contribution in [3.8, 4) is 17.1 Å². The fraction of sp³-hybridized carbons (Fsp3) is 0.167. The van der Waals surface area contributed by atoms with Crippen molar-refractivity contribution >= 4 is 12.4 Å². The highest BCUT2D eigenvalue weighted by atomic mass is 35.5. The lowest BCUT2D eigenvalue weighted by Gasteiger charge is -2.07. The molecule has 19 heavy (non-hydrogen) atoms. The molecule has 0 atom stereocenters. The monoisotopic (exact) mass is 285 g/mol. The zero-order valence-corrected chi connectivity index (χ0v) is 10.8. The van der Waals surface area contributed by atoms with Crippen LogP contribution in [0.15, 0.2) is 47.1 Å². The van der Waals surface area contributed by atoms with Crippen LogP contribution in [0.3, 0.4) is 0 Å². The molecule has 0 spiro atoms. The minimum absolute atomic E-state index is 0. The molecule has 0 saturated heterocycles. The maximum Gasteiger partial charge on any atom is 0.214 e. The molecule has 7 heteroatoms. The molecule has 1 aromatic heterocycles. The van der Waals surface area contributed by atoms with E-state index < -0.39 is 0 Å². The molecule has 0 saturated carbocycles. The molecule has 0 aliphatic carbocycles. The summed E-state index contributed by atoms with van der Waals surface area (Å²) in [6, 6.07) is 7.08. The molecule has 0 bridgehead atoms. The van der Waals surface area contributed by atoms with E-state index in [1.54, 1.807) is 24.3 Å². The van der Waals surface area contributed by atoms with Crippen molar-refractivity contribution in [3.05, 3.63) is 42.6 Å². The Bertz CT molecular complexity index is 514. The van der Waals surface area contributed by atoms with Crippen LogP contribution in [0.1, 0.15) is 0 Å². The number of hydrogen-bond donors (Lipinski definition) is 1. The van der Waals surface area contributed by atoms with Crippen molar-refractivity contribution in [3.63, 3.8) is 0 Å². The van der Waals surface area contributed by atoms with Gasteiger partial charge in [0.1, 0.15) is 12.4 Å². The average Bonchev–Trinajstić information content (AvgIpc) is 2.94. The van der Waals surface area contributed by atoms with E-state index in [0.717, 1.165) is 5.56 Å². The fourth-order valence-electron chi connectivity index (χ4n) is 1.31. The van der Waals surface area contributed by atoms with Gasteiger partial charge in [-0.15, -0.1) is 12.4 Å². The summed E-state index contributed by atoms with van der Waals surface area (Å²) >= 11 is 0. The SMILES string of the molecule is Cl.NC/C(=C/F)COc1ccc(-c2ncon2)cc1. The van der Waals surface area contributed by atoms with E-state index in [0.29, 0.717) is 23.5 Å². The predicted molar refractivity (Wildman–Crippen MR) is 70.7 cm³/mol. The molecule has 102 valence electrons. The second kappa shape index (κ2) is 7.50. The number of nitrogens with two attached hydrogens (primary N) is 1. The zero-order chi connectivity index (χ0) is 12.8. The van der Waals surface area contributed by atoms with E-state index in [2.05, 4.69) is 14.7 Å². The van der Waals surface area contributed by atoms with Gasteiger partial charge in [-0.05, 0) is 24.3 Å². The molecule has 0 radical (unpaired) electrons. The number of ether oxygens (including phenoxy) is 1. The predicted octanol–water partition coefficient (Wildman–Crippen LogP) is 2.35. The van der Waals surface area contributed by atoms with Crippen LogP contribution in [0.4, 0.5) is 4.39 Å². The fourth-order valence-corrected chi connectivity index (χ4v) is 1.31. The lowest BCUT2D eigenvalue weighted by molar-refractivity contribution is 0.347. The minimum Gasteiger partial charge on any atom is -0.489 e. The molecule has 0 unspecified atom stereocenters. The molecule has 2 N–H and O–H groups in total. The van der Waals surface area contributed by atoms with Gasteiger partial charge in [-0.2, -0.15) is 4.98 Å². The van der Waals surface area contributed by atoms with E-state index in [-0.39, 0.29) is 25.6 Å². The number of hydrogen-bond acceptors (Lipinski definition) is 5. The molecule has 5 nitrogen and oxygen atoms in total. The molecule has 2 aromatic rings. The Kier molecular flexibility index (Phi) is 5.98. The third-order valence-corrected chi connectivity index (χ3v) is 2.31. The number of aromatic nitrogens is 2. The first kappa shape index (κ1) is 15.1. The van der Waals surface area contributed by atoms with Crippen LogP contribution in [0.25, 0.3) is 11.4 Å². The number of rotatable bonds is 5. The van der Waals surface area contributed by atoms with Gasteiger partial charge >= 0.3 is 0 Å². The highest BCUT2D eigenvalue weighted by Crippen LogP contribution is 2.19. The maximum atomic E-state index is 12.3. The third kappa shape index (κ3) is 4.04. The lowest BCUT2D eigenvalue weighted by atomic mass is 10.2. The Morgan fingerprint density at radius 2 is 2.11 bits per heavy atom. The first-order chi connectivity index (χ1) is 8.83. The van der Waals surface area contributed by atoms with Crippen LogP contribution in [0.5, 0.6) is 5.75 Å². The average molecular weight is 286 g/mol. The third-order valence-electron chi connectivity index (χ3n) is 2.31. The molecular formula is C12H13ClFN3O2. The Balaban J connectivity index is 0.00000180. The van der Waals surface area contributed by atoms with Gasteiger partial charge in [0.05, 0.1) is 6.33 Å². The van der Waals surface area contributed by atoms with E-state index >= 15 is 0 Å². The van der Waals surface area contributed by atoms with Crippen molar-refractivity contribution in [1.82, 2.24) is 10.1 Å². The highest BCUT2D eigenvalue weighted by Gasteiger charge is 2.03. The summed E-state index contributed by atoms with van der Waals surface area (Å²) in [6.45, 7) is 0.270. The van der Waals surface area contributed by atoms with Gasteiger partial charge in [-0.25, -0.2) is 4.39 Å². The number of halogens is 2. The molecule has 0 aliphatic heterocycles. The molecule has 2 rings (SSSR count). The van der Waals surface area contributed by atoms with Crippen LogP contribution < -0.4 is 10.5 Å². The largest absolute Gasteiger partial charge is 0.489 e. The van der Waals surface area contributed by atoms with Gasteiger partial charge < -0.3 is 15.0 Å². The van der Waals surface area contributed by atoms with Crippen LogP contribution in [-0.2, 0) is 0 Å². The summed E-state index contributed by atoms with van der Waals surface area (Å²) < 4.78 is 22.3. The van der Waals surface area contributed by atoms with Crippen LogP contribution >= 0.6 is 12.4 Å². The van der Waals surface area contributed by atoms with Crippen molar-refractivity contribution in [1.29, 1.82) is 0 Å². The topological polar surface area (TPSA) is 74.2 Å². The maximum absolute atomic E-state index is 12.3. The summed E-state index contributed by atoms with van der Waals surface area (Å²) in [7, 11) is 0. The van der Waals surface area contributed by atoms with E-state index in [1.807, 2.05) is 0 Å². The van der Waals surface area contributed by atoms with Gasteiger partial charge in [0.15, 0.2) is 0 Å². The second-order valence-electron chi connectivity index (χ2n) is 3.54. The second-order valence-corrected chi connectivity index (χ2v) is 3.54. The number of benzene rings is 1. The van der Waals surface area contributed by atoms with Gasteiger partial charge in [0, 0.05) is 17.7 Å². The minimum atomic E-state index is 0. The van der Waals surface area contributed by atoms with Gasteiger partial charge in [0.25, 0.3) is 0 Å². The highest BCUT2D eigenvalue weighted by molar-refractivity contribution is 5.85. The van der Waals surface area contributed by atoms with Gasteiger partial charge in [0.2, 0.25) is 12.2 Å². The van der Waals surface area contributed by atoms with E-state index in [9.17, 15) is 4.39 Å². The molecule has 1 aromatic carbocycles. The molecule has 0 amide bonds. The van der Waals surface area contributed by atoms with E-state index in [4.69, 9.17) is 10.5 Å². The van der Waals surface area contributed by atoms with E-state index in [1.165, 1.54) is 6.39 Å². The van der Waals surface area contributed by atoms with Crippen LogP contribution in [-0.4, -0.2) is 23.3 Å². The van der Waals surface area contributed by atoms with Crippen LogP contribution in [0, 0.1) is 0 Å². The summed E-state index contributed by atoms with van der Waals surface area (Å²) in [6.07, 6.45) is 1.73. The van der Waals surface area contributed by atoms with Gasteiger partial charge in [-0.3, -0.25) is 0 Å². The van der Waals surface area contributed by atoms with Crippen molar-refractivity contribution in [2.45, 2.75) is 0 Å². The summed E-state index contributed by atoms with van der Waals surface area (Å²) in [5.74, 6) is 1.13. The Labute approximate surface area is 115 Å². The lowest BCUT2D eigenvalue weighted by Crippen LogP contribution is -2.10. The first-order valence-corrected chi connectivity index (χ1v) is 5.31. The van der Waals surface area contributed by atoms with Crippen molar-refractivity contribution in [2.75, 3.05) is 13.2 Å². The van der Waals surface area contributed by atoms with Crippen molar-refractivity contribution in [2.24, 2.45) is 5.73 Å². The normalized spacial score (nSPS) is 10.9. The zero-order valence-electron chi connectivity index (χ0n) is 9.95. The Hall–Kier alpha value is -1.92. The van der Waals surface area contributed by atoms with Gasteiger partial charge in [-0.1, -0.05) is 5.16 Å². The Morgan fingerprint density at radius 1 is 1.37 bits per heavy atom. The molecule has 1 heterocycles. The smallest absolute Gasteiger partial charge is 0.214 e. The summed E-state index contributed by atoms with van der Waals surface area (Å²) in [5, 5.41) is 3.71. The molecule has 0 aliphatic rings. The van der Waals surface area contributed by atoms with Crippen LogP contribution in [0.2, 0.25) is 0 Å². The summed E-state index contributed by atoms with van der Waals surface area (Å²) in [5.41, 5.74) is 6.54. The van der Waals surface area contributed by atoms with Crippen molar-refractivity contribution < 1.29 is 13.7 Å².